The minimum atomic E-state index is -0.769. The number of hydrogen-bond acceptors (Lipinski definition) is 3. The van der Waals surface area contributed by atoms with Crippen molar-refractivity contribution < 1.29 is 14.7 Å². The van der Waals surface area contributed by atoms with Gasteiger partial charge < -0.3 is 15.3 Å². The molecule has 1 amide bonds. The van der Waals surface area contributed by atoms with Crippen molar-refractivity contribution in [3.05, 3.63) is 0 Å². The summed E-state index contributed by atoms with van der Waals surface area (Å²) in [7, 11) is 0. The molecule has 2 heterocycles. The Hall–Kier alpha value is -1.10. The number of hydrogen-bond donors (Lipinski definition) is 2. The van der Waals surface area contributed by atoms with E-state index in [1.807, 2.05) is 0 Å². The van der Waals surface area contributed by atoms with Crippen molar-refractivity contribution in [2.45, 2.75) is 38.5 Å². The molecule has 0 aliphatic carbocycles. The van der Waals surface area contributed by atoms with Crippen LogP contribution >= 0.6 is 0 Å². The molecule has 2 aliphatic heterocycles. The zero-order chi connectivity index (χ0) is 13.7. The highest BCUT2D eigenvalue weighted by atomic mass is 16.4. The van der Waals surface area contributed by atoms with Crippen LogP contribution in [0.25, 0.3) is 0 Å². The molecule has 2 atom stereocenters. The number of likely N-dealkylation sites (tertiary alicyclic amines) is 1. The SMILES string of the molecule is O=C(O)[C@H]1CCCN(C(=O)CCC2CCCNC2)C1. The summed E-state index contributed by atoms with van der Waals surface area (Å²) in [5.41, 5.74) is 0. The summed E-state index contributed by atoms with van der Waals surface area (Å²) in [6.45, 7) is 3.24. The average Bonchev–Trinajstić information content (AvgIpc) is 2.46. The van der Waals surface area contributed by atoms with E-state index >= 15 is 0 Å². The lowest BCUT2D eigenvalue weighted by molar-refractivity contribution is -0.145. The van der Waals surface area contributed by atoms with Crippen LogP contribution < -0.4 is 5.32 Å². The largest absolute Gasteiger partial charge is 0.481 e. The molecule has 5 heteroatoms. The van der Waals surface area contributed by atoms with E-state index in [0.717, 1.165) is 32.5 Å². The molecule has 0 spiro atoms. The Kier molecular flexibility index (Phi) is 5.19. The van der Waals surface area contributed by atoms with E-state index in [1.54, 1.807) is 4.90 Å². The van der Waals surface area contributed by atoms with Crippen LogP contribution in [0.1, 0.15) is 38.5 Å². The Morgan fingerprint density at radius 1 is 1.26 bits per heavy atom. The number of nitrogens with zero attached hydrogens (tertiary/aromatic N) is 1. The number of carboxylic acids is 1. The number of carbonyl (C=O) groups excluding carboxylic acids is 1. The van der Waals surface area contributed by atoms with E-state index in [-0.39, 0.29) is 11.8 Å². The first-order chi connectivity index (χ1) is 9.16. The predicted octanol–water partition coefficient (Wildman–Crippen LogP) is 1.09. The zero-order valence-electron chi connectivity index (χ0n) is 11.4. The van der Waals surface area contributed by atoms with Crippen LogP contribution in [0.2, 0.25) is 0 Å². The molecule has 1 unspecified atom stereocenters. The number of carboxylic acid groups (broad SMARTS) is 1. The molecule has 0 bridgehead atoms. The average molecular weight is 268 g/mol. The molecule has 108 valence electrons. The smallest absolute Gasteiger partial charge is 0.308 e. The van der Waals surface area contributed by atoms with Crippen molar-refractivity contribution in [3.8, 4) is 0 Å². The third-order valence-electron chi connectivity index (χ3n) is 4.29. The highest BCUT2D eigenvalue weighted by Crippen LogP contribution is 2.20. The van der Waals surface area contributed by atoms with Crippen LogP contribution in [0.3, 0.4) is 0 Å². The van der Waals surface area contributed by atoms with Crippen molar-refractivity contribution in [1.82, 2.24) is 10.2 Å². The lowest BCUT2D eigenvalue weighted by Gasteiger charge is -2.31. The van der Waals surface area contributed by atoms with E-state index in [1.165, 1.54) is 12.8 Å². The fraction of sp³-hybridized carbons (Fsp3) is 0.857. The molecule has 0 radical (unpaired) electrons. The van der Waals surface area contributed by atoms with Crippen molar-refractivity contribution in [2.24, 2.45) is 11.8 Å². The lowest BCUT2D eigenvalue weighted by atomic mass is 9.93. The quantitative estimate of drug-likeness (QED) is 0.801. The predicted molar refractivity (Wildman–Crippen MR) is 71.8 cm³/mol. The molecule has 2 fully saturated rings. The van der Waals surface area contributed by atoms with Crippen LogP contribution in [0.15, 0.2) is 0 Å². The van der Waals surface area contributed by atoms with Gasteiger partial charge >= 0.3 is 5.97 Å². The van der Waals surface area contributed by atoms with Gasteiger partial charge in [0.1, 0.15) is 0 Å². The fourth-order valence-electron chi connectivity index (χ4n) is 3.06. The van der Waals surface area contributed by atoms with Gasteiger partial charge in [-0.2, -0.15) is 0 Å². The summed E-state index contributed by atoms with van der Waals surface area (Å²) < 4.78 is 0. The third-order valence-corrected chi connectivity index (χ3v) is 4.29. The second-order valence-electron chi connectivity index (χ2n) is 5.77. The van der Waals surface area contributed by atoms with Gasteiger partial charge in [-0.05, 0) is 51.1 Å². The second kappa shape index (κ2) is 6.89. The minimum Gasteiger partial charge on any atom is -0.481 e. The van der Waals surface area contributed by atoms with Crippen molar-refractivity contribution in [1.29, 1.82) is 0 Å². The van der Waals surface area contributed by atoms with Crippen LogP contribution in [0, 0.1) is 11.8 Å². The molecule has 0 aromatic heterocycles. The topological polar surface area (TPSA) is 69.6 Å². The van der Waals surface area contributed by atoms with Crippen LogP contribution in [-0.4, -0.2) is 48.1 Å². The number of rotatable bonds is 4. The molecule has 2 saturated heterocycles. The second-order valence-corrected chi connectivity index (χ2v) is 5.77. The Bertz CT molecular complexity index is 327. The Balaban J connectivity index is 1.74. The van der Waals surface area contributed by atoms with Gasteiger partial charge in [-0.1, -0.05) is 0 Å². The number of aliphatic carboxylic acids is 1. The first kappa shape index (κ1) is 14.3. The van der Waals surface area contributed by atoms with Gasteiger partial charge in [0.15, 0.2) is 0 Å². The first-order valence-electron chi connectivity index (χ1n) is 7.38. The highest BCUT2D eigenvalue weighted by Gasteiger charge is 2.28. The van der Waals surface area contributed by atoms with E-state index in [0.29, 0.717) is 25.3 Å². The van der Waals surface area contributed by atoms with E-state index in [2.05, 4.69) is 5.32 Å². The molecule has 0 aromatic carbocycles. The van der Waals surface area contributed by atoms with Gasteiger partial charge in [0.2, 0.25) is 5.91 Å². The van der Waals surface area contributed by atoms with E-state index in [4.69, 9.17) is 5.11 Å². The summed E-state index contributed by atoms with van der Waals surface area (Å²) in [6.07, 6.45) is 5.42. The lowest BCUT2D eigenvalue weighted by Crippen LogP contribution is -2.42. The summed E-state index contributed by atoms with van der Waals surface area (Å²) >= 11 is 0. The number of amides is 1. The molecule has 2 aliphatic rings. The van der Waals surface area contributed by atoms with Crippen LogP contribution in [0.5, 0.6) is 0 Å². The van der Waals surface area contributed by atoms with Crippen LogP contribution in [-0.2, 0) is 9.59 Å². The normalized spacial score (nSPS) is 28.1. The van der Waals surface area contributed by atoms with Crippen molar-refractivity contribution in [3.63, 3.8) is 0 Å². The van der Waals surface area contributed by atoms with Gasteiger partial charge in [-0.25, -0.2) is 0 Å². The molecule has 0 saturated carbocycles. The van der Waals surface area contributed by atoms with E-state index < -0.39 is 5.97 Å². The molecule has 5 nitrogen and oxygen atoms in total. The third kappa shape index (κ3) is 4.20. The van der Waals surface area contributed by atoms with Crippen molar-refractivity contribution in [2.75, 3.05) is 26.2 Å². The minimum absolute atomic E-state index is 0.136. The van der Waals surface area contributed by atoms with Gasteiger partial charge in [-0.15, -0.1) is 0 Å². The monoisotopic (exact) mass is 268 g/mol. The Labute approximate surface area is 114 Å². The number of nitrogens with one attached hydrogen (secondary N) is 1. The Morgan fingerprint density at radius 3 is 2.79 bits per heavy atom. The molecule has 19 heavy (non-hydrogen) atoms. The van der Waals surface area contributed by atoms with E-state index in [9.17, 15) is 9.59 Å². The van der Waals surface area contributed by atoms with Crippen molar-refractivity contribution >= 4 is 11.9 Å². The van der Waals surface area contributed by atoms with Gasteiger partial charge in [0.05, 0.1) is 5.92 Å². The summed E-state index contributed by atoms with van der Waals surface area (Å²) in [4.78, 5) is 24.9. The molecule has 0 aromatic rings. The fourth-order valence-corrected chi connectivity index (χ4v) is 3.06. The van der Waals surface area contributed by atoms with Gasteiger partial charge in [0.25, 0.3) is 0 Å². The maximum atomic E-state index is 12.1. The summed E-state index contributed by atoms with van der Waals surface area (Å²) in [5.74, 6) is -0.391. The number of piperidine rings is 2. The first-order valence-corrected chi connectivity index (χ1v) is 7.38. The highest BCUT2D eigenvalue weighted by molar-refractivity contribution is 5.78. The van der Waals surface area contributed by atoms with Gasteiger partial charge in [0, 0.05) is 19.5 Å². The Morgan fingerprint density at radius 2 is 2.11 bits per heavy atom. The number of carbonyl (C=O) groups is 2. The zero-order valence-corrected chi connectivity index (χ0v) is 11.4. The summed E-state index contributed by atoms with van der Waals surface area (Å²) in [6, 6.07) is 0. The van der Waals surface area contributed by atoms with Crippen LogP contribution in [0.4, 0.5) is 0 Å². The molecule has 2 N–H and O–H groups in total. The van der Waals surface area contributed by atoms with Gasteiger partial charge in [-0.3, -0.25) is 9.59 Å². The summed E-state index contributed by atoms with van der Waals surface area (Å²) in [5, 5.41) is 12.4. The standard InChI is InChI=1S/C14H24N2O3/c17-13(6-5-11-3-1-7-15-9-11)16-8-2-4-12(10-16)14(18)19/h11-12,15H,1-10H2,(H,18,19)/t11?,12-/m0/s1. The molecule has 2 rings (SSSR count). The molecular weight excluding hydrogens is 244 g/mol. The molecular formula is C14H24N2O3. The maximum absolute atomic E-state index is 12.1. The maximum Gasteiger partial charge on any atom is 0.308 e.